The zero-order valence-corrected chi connectivity index (χ0v) is 7.26. The van der Waals surface area contributed by atoms with E-state index in [-0.39, 0.29) is 18.2 Å². The minimum absolute atomic E-state index is 0.0718. The van der Waals surface area contributed by atoms with Gasteiger partial charge < -0.3 is 10.1 Å². The van der Waals surface area contributed by atoms with E-state index < -0.39 is 0 Å². The first-order valence-electron chi connectivity index (χ1n) is 4.06. The number of hydrogen-bond acceptors (Lipinski definition) is 2. The van der Waals surface area contributed by atoms with Crippen LogP contribution in [0.1, 0.15) is 27.2 Å². The predicted molar refractivity (Wildman–Crippen MR) is 42.3 cm³/mol. The number of ether oxygens (including phenoxy) is 1. The van der Waals surface area contributed by atoms with E-state index in [9.17, 15) is 4.79 Å². The van der Waals surface area contributed by atoms with Crippen molar-refractivity contribution in [2.45, 2.75) is 39.3 Å². The maximum absolute atomic E-state index is 10.7. The third-order valence-electron chi connectivity index (χ3n) is 1.87. The lowest BCUT2D eigenvalue weighted by atomic mass is 10.0. The lowest BCUT2D eigenvalue weighted by molar-refractivity contribution is 0.120. The van der Waals surface area contributed by atoms with Crippen LogP contribution in [0.15, 0.2) is 0 Å². The Morgan fingerprint density at radius 1 is 1.64 bits per heavy atom. The van der Waals surface area contributed by atoms with Crippen LogP contribution in [0, 0.1) is 5.92 Å². The zero-order chi connectivity index (χ0) is 8.43. The van der Waals surface area contributed by atoms with Crippen molar-refractivity contribution in [1.29, 1.82) is 0 Å². The molecule has 1 amide bonds. The number of carbonyl (C=O) groups is 1. The van der Waals surface area contributed by atoms with Gasteiger partial charge in [-0.3, -0.25) is 0 Å². The lowest BCUT2D eigenvalue weighted by Crippen LogP contribution is -2.28. The summed E-state index contributed by atoms with van der Waals surface area (Å²) in [5.41, 5.74) is 0. The molecule has 1 N–H and O–H groups in total. The van der Waals surface area contributed by atoms with E-state index in [1.54, 1.807) is 0 Å². The highest BCUT2D eigenvalue weighted by atomic mass is 16.6. The molecule has 2 atom stereocenters. The molecule has 0 radical (unpaired) electrons. The smallest absolute Gasteiger partial charge is 0.407 e. The van der Waals surface area contributed by atoms with Gasteiger partial charge in [0.05, 0.1) is 6.04 Å². The van der Waals surface area contributed by atoms with Crippen LogP contribution in [0.2, 0.25) is 0 Å². The minimum Gasteiger partial charge on any atom is -0.444 e. The number of hydrogen-bond donors (Lipinski definition) is 1. The Bertz CT molecular complexity index is 156. The van der Waals surface area contributed by atoms with E-state index in [1.165, 1.54) is 0 Å². The molecule has 11 heavy (non-hydrogen) atoms. The third-order valence-corrected chi connectivity index (χ3v) is 1.87. The molecule has 0 aromatic heterocycles. The second-order valence-corrected chi connectivity index (χ2v) is 3.51. The van der Waals surface area contributed by atoms with Gasteiger partial charge in [0.15, 0.2) is 0 Å². The Morgan fingerprint density at radius 2 is 2.27 bits per heavy atom. The summed E-state index contributed by atoms with van der Waals surface area (Å²) in [7, 11) is 0. The largest absolute Gasteiger partial charge is 0.444 e. The molecule has 64 valence electrons. The van der Waals surface area contributed by atoms with E-state index in [2.05, 4.69) is 19.2 Å². The van der Waals surface area contributed by atoms with Crippen LogP contribution in [0.5, 0.6) is 0 Å². The van der Waals surface area contributed by atoms with Gasteiger partial charge in [-0.05, 0) is 19.3 Å². The Balaban J connectivity index is 2.40. The van der Waals surface area contributed by atoms with Gasteiger partial charge in [0, 0.05) is 0 Å². The van der Waals surface area contributed by atoms with Crippen molar-refractivity contribution in [3.05, 3.63) is 0 Å². The summed E-state index contributed by atoms with van der Waals surface area (Å²) in [6.07, 6.45) is 0.741. The highest BCUT2D eigenvalue weighted by molar-refractivity contribution is 5.70. The fourth-order valence-electron chi connectivity index (χ4n) is 1.27. The molecule has 0 unspecified atom stereocenters. The summed E-state index contributed by atoms with van der Waals surface area (Å²) in [5.74, 6) is 0.579. The molecule has 1 aliphatic rings. The minimum atomic E-state index is -0.275. The fourth-order valence-corrected chi connectivity index (χ4v) is 1.27. The Kier molecular flexibility index (Phi) is 2.37. The van der Waals surface area contributed by atoms with E-state index in [4.69, 9.17) is 4.74 Å². The van der Waals surface area contributed by atoms with Gasteiger partial charge in [0.25, 0.3) is 0 Å². The van der Waals surface area contributed by atoms with Crippen LogP contribution in [0.3, 0.4) is 0 Å². The summed E-state index contributed by atoms with van der Waals surface area (Å²) in [5, 5.41) is 2.71. The lowest BCUT2D eigenvalue weighted by Gasteiger charge is -2.14. The van der Waals surface area contributed by atoms with Crippen LogP contribution in [-0.4, -0.2) is 18.2 Å². The normalized spacial score (nSPS) is 30.4. The first-order chi connectivity index (χ1) is 5.09. The number of carbonyl (C=O) groups excluding carboxylic acids is 1. The van der Waals surface area contributed by atoms with Crippen molar-refractivity contribution in [2.24, 2.45) is 5.92 Å². The molecule has 1 fully saturated rings. The third kappa shape index (κ3) is 2.10. The van der Waals surface area contributed by atoms with Crippen LogP contribution in [0.25, 0.3) is 0 Å². The Hall–Kier alpha value is -0.730. The average Bonchev–Trinajstić information content (AvgIpc) is 2.09. The molecular weight excluding hydrogens is 142 g/mol. The molecular formula is C8H15NO2. The van der Waals surface area contributed by atoms with E-state index in [0.29, 0.717) is 5.92 Å². The van der Waals surface area contributed by atoms with Gasteiger partial charge >= 0.3 is 6.09 Å². The van der Waals surface area contributed by atoms with E-state index >= 15 is 0 Å². The Labute approximate surface area is 67.1 Å². The molecule has 1 rings (SSSR count). The highest BCUT2D eigenvalue weighted by Gasteiger charge is 2.30. The molecule has 1 saturated heterocycles. The summed E-state index contributed by atoms with van der Waals surface area (Å²) >= 11 is 0. The monoisotopic (exact) mass is 157 g/mol. The predicted octanol–water partition coefficient (Wildman–Crippen LogP) is 1.53. The summed E-state index contributed by atoms with van der Waals surface area (Å²) in [4.78, 5) is 10.7. The summed E-state index contributed by atoms with van der Waals surface area (Å²) in [6.45, 7) is 6.22. The fraction of sp³-hybridized carbons (Fsp3) is 0.875. The maximum Gasteiger partial charge on any atom is 0.407 e. The van der Waals surface area contributed by atoms with Crippen LogP contribution >= 0.6 is 0 Å². The van der Waals surface area contributed by atoms with Gasteiger partial charge in [-0.25, -0.2) is 4.79 Å². The second kappa shape index (κ2) is 3.11. The van der Waals surface area contributed by atoms with Crippen molar-refractivity contribution in [3.63, 3.8) is 0 Å². The standard InChI is InChI=1S/C8H15NO2/c1-5(2)4-7-6(3)9-8(10)11-7/h5-7H,4H2,1-3H3,(H,9,10)/t6-,7+/m1/s1. The van der Waals surface area contributed by atoms with Gasteiger partial charge in [-0.15, -0.1) is 0 Å². The molecule has 0 saturated carbocycles. The van der Waals surface area contributed by atoms with Gasteiger partial charge in [-0.1, -0.05) is 13.8 Å². The number of cyclic esters (lactones) is 1. The number of amides is 1. The average molecular weight is 157 g/mol. The van der Waals surface area contributed by atoms with Gasteiger partial charge in [0.1, 0.15) is 6.10 Å². The molecule has 3 heteroatoms. The molecule has 0 aromatic rings. The Morgan fingerprint density at radius 3 is 2.64 bits per heavy atom. The van der Waals surface area contributed by atoms with Gasteiger partial charge in [-0.2, -0.15) is 0 Å². The molecule has 0 bridgehead atoms. The van der Waals surface area contributed by atoms with Crippen LogP contribution < -0.4 is 5.32 Å². The second-order valence-electron chi connectivity index (χ2n) is 3.51. The number of nitrogens with one attached hydrogen (secondary N) is 1. The van der Waals surface area contributed by atoms with Crippen molar-refractivity contribution in [3.8, 4) is 0 Å². The van der Waals surface area contributed by atoms with Crippen LogP contribution in [-0.2, 0) is 4.74 Å². The first-order valence-corrected chi connectivity index (χ1v) is 4.06. The van der Waals surface area contributed by atoms with Crippen molar-refractivity contribution in [2.75, 3.05) is 0 Å². The highest BCUT2D eigenvalue weighted by Crippen LogP contribution is 2.16. The maximum atomic E-state index is 10.7. The molecule has 0 aromatic carbocycles. The number of alkyl carbamates (subject to hydrolysis) is 1. The van der Waals surface area contributed by atoms with E-state index in [1.807, 2.05) is 6.92 Å². The SMILES string of the molecule is CC(C)C[C@@H]1OC(=O)N[C@@H]1C. The molecule has 3 nitrogen and oxygen atoms in total. The van der Waals surface area contributed by atoms with Crippen LogP contribution in [0.4, 0.5) is 4.79 Å². The quantitative estimate of drug-likeness (QED) is 0.660. The van der Waals surface area contributed by atoms with Crippen molar-refractivity contribution in [1.82, 2.24) is 5.32 Å². The topological polar surface area (TPSA) is 38.3 Å². The van der Waals surface area contributed by atoms with Crippen molar-refractivity contribution >= 4 is 6.09 Å². The summed E-state index contributed by atoms with van der Waals surface area (Å²) in [6, 6.07) is 0.171. The zero-order valence-electron chi connectivity index (χ0n) is 7.26. The van der Waals surface area contributed by atoms with Gasteiger partial charge in [0.2, 0.25) is 0 Å². The molecule has 0 aliphatic carbocycles. The first kappa shape index (κ1) is 8.37. The molecule has 1 heterocycles. The molecule has 0 spiro atoms. The van der Waals surface area contributed by atoms with Crippen molar-refractivity contribution < 1.29 is 9.53 Å². The molecule has 1 aliphatic heterocycles. The van der Waals surface area contributed by atoms with E-state index in [0.717, 1.165) is 6.42 Å². The summed E-state index contributed by atoms with van der Waals surface area (Å²) < 4.78 is 5.03. The number of rotatable bonds is 2.